The third-order valence-electron chi connectivity index (χ3n) is 5.54. The van der Waals surface area contributed by atoms with E-state index in [0.29, 0.717) is 17.8 Å². The number of nitrogens with zero attached hydrogens (tertiary/aromatic N) is 3. The zero-order chi connectivity index (χ0) is 21.7. The Balaban J connectivity index is 1.61. The van der Waals surface area contributed by atoms with Gasteiger partial charge in [0.1, 0.15) is 11.6 Å². The summed E-state index contributed by atoms with van der Waals surface area (Å²) in [5.74, 6) is 1.73. The Kier molecular flexibility index (Phi) is 7.03. The third kappa shape index (κ3) is 4.96. The number of carbonyl (C=O) groups is 2. The quantitative estimate of drug-likeness (QED) is 0.791. The van der Waals surface area contributed by atoms with E-state index in [1.165, 1.54) is 0 Å². The van der Waals surface area contributed by atoms with Crippen molar-refractivity contribution >= 4 is 11.8 Å². The zero-order valence-electron chi connectivity index (χ0n) is 18.1. The molecule has 3 rings (SSSR count). The van der Waals surface area contributed by atoms with Gasteiger partial charge in [0.2, 0.25) is 5.91 Å². The van der Waals surface area contributed by atoms with Gasteiger partial charge in [0.15, 0.2) is 0 Å². The summed E-state index contributed by atoms with van der Waals surface area (Å²) in [5.41, 5.74) is 2.05. The lowest BCUT2D eigenvalue weighted by atomic mass is 9.95. The highest BCUT2D eigenvalue weighted by Gasteiger charge is 2.27. The van der Waals surface area contributed by atoms with Gasteiger partial charge in [-0.1, -0.05) is 32.0 Å². The first-order valence-corrected chi connectivity index (χ1v) is 10.4. The standard InChI is InChI=1S/C23H30N4O3/c1-15(2)23(29)27-11-9-17(10-12-27)21-24-14-19(16(3)26-21)22(28)25-13-18-7-5-6-8-20(18)30-4/h5-8,14-15,17H,9-13H2,1-4H3,(H,25,28). The summed E-state index contributed by atoms with van der Waals surface area (Å²) >= 11 is 0. The van der Waals surface area contributed by atoms with E-state index in [1.54, 1.807) is 13.3 Å². The van der Waals surface area contributed by atoms with Crippen molar-refractivity contribution in [2.75, 3.05) is 20.2 Å². The molecule has 0 saturated carbocycles. The molecule has 2 heterocycles. The normalized spacial score (nSPS) is 14.6. The maximum atomic E-state index is 12.6. The Morgan fingerprint density at radius 1 is 1.23 bits per heavy atom. The van der Waals surface area contributed by atoms with Gasteiger partial charge in [-0.2, -0.15) is 0 Å². The number of carbonyl (C=O) groups excluding carboxylic acids is 2. The summed E-state index contributed by atoms with van der Waals surface area (Å²) in [6.45, 7) is 7.51. The van der Waals surface area contributed by atoms with Crippen molar-refractivity contribution in [2.24, 2.45) is 5.92 Å². The van der Waals surface area contributed by atoms with E-state index < -0.39 is 0 Å². The Hall–Kier alpha value is -2.96. The first-order chi connectivity index (χ1) is 14.4. The summed E-state index contributed by atoms with van der Waals surface area (Å²) < 4.78 is 5.32. The van der Waals surface area contributed by atoms with Crippen LogP contribution in [0.2, 0.25) is 0 Å². The summed E-state index contributed by atoms with van der Waals surface area (Å²) in [5, 5.41) is 2.92. The van der Waals surface area contributed by atoms with E-state index in [0.717, 1.165) is 43.1 Å². The van der Waals surface area contributed by atoms with Crippen molar-refractivity contribution in [3.63, 3.8) is 0 Å². The number of likely N-dealkylation sites (tertiary alicyclic amines) is 1. The minimum absolute atomic E-state index is 0.0219. The molecule has 1 aliphatic rings. The number of rotatable bonds is 6. The number of ether oxygens (including phenoxy) is 1. The smallest absolute Gasteiger partial charge is 0.254 e. The highest BCUT2D eigenvalue weighted by Crippen LogP contribution is 2.26. The summed E-state index contributed by atoms with van der Waals surface area (Å²) in [6, 6.07) is 7.59. The number of para-hydroxylation sites is 1. The molecule has 1 fully saturated rings. The lowest BCUT2D eigenvalue weighted by Crippen LogP contribution is -2.40. The molecule has 0 atom stereocenters. The topological polar surface area (TPSA) is 84.4 Å². The number of nitrogens with one attached hydrogen (secondary N) is 1. The van der Waals surface area contributed by atoms with Crippen LogP contribution < -0.4 is 10.1 Å². The van der Waals surface area contributed by atoms with Crippen LogP contribution in [0.1, 0.15) is 60.0 Å². The van der Waals surface area contributed by atoms with Crippen LogP contribution in [0, 0.1) is 12.8 Å². The fourth-order valence-electron chi connectivity index (χ4n) is 3.75. The van der Waals surface area contributed by atoms with E-state index in [1.807, 2.05) is 49.9 Å². The van der Waals surface area contributed by atoms with Crippen LogP contribution in [0.5, 0.6) is 5.75 Å². The average molecular weight is 411 g/mol. The lowest BCUT2D eigenvalue weighted by Gasteiger charge is -2.32. The number of hydrogen-bond donors (Lipinski definition) is 1. The molecule has 1 aromatic carbocycles. The van der Waals surface area contributed by atoms with Crippen molar-refractivity contribution < 1.29 is 14.3 Å². The van der Waals surface area contributed by atoms with Crippen molar-refractivity contribution in [3.8, 4) is 5.75 Å². The number of aryl methyl sites for hydroxylation is 1. The Morgan fingerprint density at radius 2 is 1.93 bits per heavy atom. The van der Waals surface area contributed by atoms with E-state index in [4.69, 9.17) is 4.74 Å². The van der Waals surface area contributed by atoms with Gasteiger partial charge in [-0.15, -0.1) is 0 Å². The van der Waals surface area contributed by atoms with Gasteiger partial charge in [-0.3, -0.25) is 9.59 Å². The molecule has 0 aliphatic carbocycles. The van der Waals surface area contributed by atoms with Gasteiger partial charge in [0, 0.05) is 43.2 Å². The van der Waals surface area contributed by atoms with E-state index >= 15 is 0 Å². The fourth-order valence-corrected chi connectivity index (χ4v) is 3.75. The lowest BCUT2D eigenvalue weighted by molar-refractivity contribution is -0.135. The van der Waals surface area contributed by atoms with Crippen molar-refractivity contribution in [3.05, 3.63) is 53.1 Å². The Labute approximate surface area is 177 Å². The van der Waals surface area contributed by atoms with Gasteiger partial charge in [0.25, 0.3) is 5.91 Å². The maximum Gasteiger partial charge on any atom is 0.254 e. The van der Waals surface area contributed by atoms with Crippen LogP contribution >= 0.6 is 0 Å². The molecule has 0 radical (unpaired) electrons. The first kappa shape index (κ1) is 21.7. The molecule has 0 unspecified atom stereocenters. The van der Waals surface area contributed by atoms with Gasteiger partial charge in [0.05, 0.1) is 18.4 Å². The van der Waals surface area contributed by atoms with Gasteiger partial charge < -0.3 is 15.0 Å². The summed E-state index contributed by atoms with van der Waals surface area (Å²) in [7, 11) is 1.61. The molecule has 0 bridgehead atoms. The summed E-state index contributed by atoms with van der Waals surface area (Å²) in [4.78, 5) is 35.8. The third-order valence-corrected chi connectivity index (χ3v) is 5.54. The molecule has 0 spiro atoms. The molecule has 30 heavy (non-hydrogen) atoms. The van der Waals surface area contributed by atoms with E-state index in [-0.39, 0.29) is 23.7 Å². The highest BCUT2D eigenvalue weighted by atomic mass is 16.5. The van der Waals surface area contributed by atoms with Crippen LogP contribution in [0.25, 0.3) is 0 Å². The SMILES string of the molecule is COc1ccccc1CNC(=O)c1cnc(C2CCN(C(=O)C(C)C)CC2)nc1C. The largest absolute Gasteiger partial charge is 0.496 e. The molecule has 1 aromatic heterocycles. The maximum absolute atomic E-state index is 12.6. The van der Waals surface area contributed by atoms with Gasteiger partial charge in [-0.05, 0) is 25.8 Å². The molecule has 1 aliphatic heterocycles. The van der Waals surface area contributed by atoms with Crippen molar-refractivity contribution in [2.45, 2.75) is 46.1 Å². The van der Waals surface area contributed by atoms with Crippen molar-refractivity contribution in [1.82, 2.24) is 20.2 Å². The number of methoxy groups -OCH3 is 1. The minimum Gasteiger partial charge on any atom is -0.496 e. The predicted molar refractivity (Wildman–Crippen MR) is 114 cm³/mol. The Morgan fingerprint density at radius 3 is 2.57 bits per heavy atom. The van der Waals surface area contributed by atoms with Crippen LogP contribution in [0.15, 0.2) is 30.5 Å². The second-order valence-electron chi connectivity index (χ2n) is 7.98. The number of aromatic nitrogens is 2. The van der Waals surface area contributed by atoms with Gasteiger partial charge in [-0.25, -0.2) is 9.97 Å². The van der Waals surface area contributed by atoms with E-state index in [9.17, 15) is 9.59 Å². The molecule has 1 saturated heterocycles. The molecule has 1 N–H and O–H groups in total. The van der Waals surface area contributed by atoms with Crippen LogP contribution in [-0.4, -0.2) is 46.9 Å². The molecular weight excluding hydrogens is 380 g/mol. The molecule has 160 valence electrons. The average Bonchev–Trinajstić information content (AvgIpc) is 2.77. The second-order valence-corrected chi connectivity index (χ2v) is 7.98. The van der Waals surface area contributed by atoms with Crippen molar-refractivity contribution in [1.29, 1.82) is 0 Å². The van der Waals surface area contributed by atoms with Gasteiger partial charge >= 0.3 is 0 Å². The second kappa shape index (κ2) is 9.69. The van der Waals surface area contributed by atoms with Crippen LogP contribution in [-0.2, 0) is 11.3 Å². The highest BCUT2D eigenvalue weighted by molar-refractivity contribution is 5.94. The first-order valence-electron chi connectivity index (χ1n) is 10.4. The van der Waals surface area contributed by atoms with Crippen LogP contribution in [0.3, 0.4) is 0 Å². The molecule has 2 amide bonds. The fraction of sp³-hybridized carbons (Fsp3) is 0.478. The number of benzene rings is 1. The zero-order valence-corrected chi connectivity index (χ0v) is 18.1. The molecular formula is C23H30N4O3. The van der Waals surface area contributed by atoms with E-state index in [2.05, 4.69) is 15.3 Å². The molecule has 7 nitrogen and oxygen atoms in total. The molecule has 2 aromatic rings. The van der Waals surface area contributed by atoms with Crippen LogP contribution in [0.4, 0.5) is 0 Å². The number of piperidine rings is 1. The Bertz CT molecular complexity index is 905. The minimum atomic E-state index is -0.206. The predicted octanol–water partition coefficient (Wildman–Crippen LogP) is 3.09. The summed E-state index contributed by atoms with van der Waals surface area (Å²) in [6.07, 6.45) is 3.30. The number of amides is 2. The number of hydrogen-bond acceptors (Lipinski definition) is 5. The molecule has 7 heteroatoms. The monoisotopic (exact) mass is 410 g/mol.